The van der Waals surface area contributed by atoms with Gasteiger partial charge in [0.1, 0.15) is 0 Å². The maximum Gasteiger partial charge on any atom is 0.254 e. The fourth-order valence-corrected chi connectivity index (χ4v) is 5.14. The Balaban J connectivity index is 1.31. The molecule has 1 amide bonds. The van der Waals surface area contributed by atoms with Crippen LogP contribution in [0.5, 0.6) is 11.5 Å². The first-order chi connectivity index (χ1) is 13.3. The van der Waals surface area contributed by atoms with E-state index in [9.17, 15) is 4.79 Å². The van der Waals surface area contributed by atoms with Crippen molar-refractivity contribution in [3.05, 3.63) is 35.9 Å². The van der Waals surface area contributed by atoms with E-state index >= 15 is 0 Å². The van der Waals surface area contributed by atoms with Crippen molar-refractivity contribution in [1.82, 2.24) is 9.80 Å². The van der Waals surface area contributed by atoms with E-state index in [-0.39, 0.29) is 12.7 Å². The number of carbonyl (C=O) groups excluding carboxylic acids is 1. The maximum absolute atomic E-state index is 13.3. The molecule has 0 aromatic heterocycles. The molecule has 27 heavy (non-hydrogen) atoms. The van der Waals surface area contributed by atoms with Gasteiger partial charge in [-0.15, -0.1) is 0 Å². The molecule has 2 aliphatic carbocycles. The summed E-state index contributed by atoms with van der Waals surface area (Å²) in [5, 5.41) is 0. The van der Waals surface area contributed by atoms with Gasteiger partial charge in [-0.3, -0.25) is 4.79 Å². The number of amides is 1. The number of fused-ring (bicyclic) bond motifs is 3. The van der Waals surface area contributed by atoms with Gasteiger partial charge < -0.3 is 19.3 Å². The van der Waals surface area contributed by atoms with Crippen LogP contribution in [-0.2, 0) is 0 Å². The van der Waals surface area contributed by atoms with Crippen LogP contribution in [0.3, 0.4) is 0 Å². The smallest absolute Gasteiger partial charge is 0.254 e. The van der Waals surface area contributed by atoms with Crippen molar-refractivity contribution < 1.29 is 14.3 Å². The van der Waals surface area contributed by atoms with Gasteiger partial charge in [-0.2, -0.15) is 0 Å². The fourth-order valence-electron chi connectivity index (χ4n) is 5.14. The molecule has 5 rings (SSSR count). The monoisotopic (exact) mass is 368 g/mol. The number of allylic oxidation sites excluding steroid dienone is 2. The Labute approximate surface area is 160 Å². The largest absolute Gasteiger partial charge is 0.454 e. The normalized spacial score (nSPS) is 28.2. The Kier molecular flexibility index (Phi) is 4.56. The SMILES string of the molecule is O=C(c1ccc2c(c1)OCO2)N(CCN1CCCC1)CC1CC2C=CC1C2. The van der Waals surface area contributed by atoms with Crippen molar-refractivity contribution >= 4 is 5.91 Å². The Morgan fingerprint density at radius 2 is 1.96 bits per heavy atom. The molecule has 4 aliphatic rings. The summed E-state index contributed by atoms with van der Waals surface area (Å²) < 4.78 is 10.9. The van der Waals surface area contributed by atoms with Crippen LogP contribution in [0.2, 0.25) is 0 Å². The molecule has 3 atom stereocenters. The highest BCUT2D eigenvalue weighted by molar-refractivity contribution is 5.95. The second kappa shape index (κ2) is 7.19. The van der Waals surface area contributed by atoms with Gasteiger partial charge in [-0.05, 0) is 74.7 Å². The summed E-state index contributed by atoms with van der Waals surface area (Å²) in [7, 11) is 0. The van der Waals surface area contributed by atoms with E-state index in [0.29, 0.717) is 23.1 Å². The number of likely N-dealkylation sites (tertiary alicyclic amines) is 1. The molecule has 0 spiro atoms. The van der Waals surface area contributed by atoms with Crippen molar-refractivity contribution in [3.8, 4) is 11.5 Å². The molecule has 1 saturated carbocycles. The molecule has 5 nitrogen and oxygen atoms in total. The van der Waals surface area contributed by atoms with E-state index in [1.165, 1.54) is 38.8 Å². The van der Waals surface area contributed by atoms with Gasteiger partial charge in [0.05, 0.1) is 0 Å². The lowest BCUT2D eigenvalue weighted by Gasteiger charge is -2.30. The summed E-state index contributed by atoms with van der Waals surface area (Å²) in [5.74, 6) is 3.54. The van der Waals surface area contributed by atoms with Crippen molar-refractivity contribution in [2.24, 2.45) is 17.8 Å². The molecular formula is C22H28N2O3. The molecule has 2 heterocycles. The van der Waals surface area contributed by atoms with Crippen LogP contribution in [0.15, 0.2) is 30.4 Å². The van der Waals surface area contributed by atoms with Crippen LogP contribution in [-0.4, -0.2) is 55.2 Å². The minimum absolute atomic E-state index is 0.124. The van der Waals surface area contributed by atoms with E-state index < -0.39 is 0 Å². The quantitative estimate of drug-likeness (QED) is 0.724. The average Bonchev–Trinajstić information content (AvgIpc) is 3.48. The lowest BCUT2D eigenvalue weighted by Crippen LogP contribution is -2.41. The Hall–Kier alpha value is -2.01. The van der Waals surface area contributed by atoms with Crippen molar-refractivity contribution in [2.75, 3.05) is 39.5 Å². The predicted molar refractivity (Wildman–Crippen MR) is 103 cm³/mol. The first-order valence-electron chi connectivity index (χ1n) is 10.4. The molecule has 2 fully saturated rings. The minimum Gasteiger partial charge on any atom is -0.454 e. The summed E-state index contributed by atoms with van der Waals surface area (Å²) >= 11 is 0. The van der Waals surface area contributed by atoms with Crippen LogP contribution >= 0.6 is 0 Å². The molecule has 2 aliphatic heterocycles. The summed E-state index contributed by atoms with van der Waals surface area (Å²) in [4.78, 5) is 17.9. The third-order valence-electron chi connectivity index (χ3n) is 6.66. The summed E-state index contributed by atoms with van der Waals surface area (Å²) in [5.41, 5.74) is 0.708. The van der Waals surface area contributed by atoms with Gasteiger partial charge in [0, 0.05) is 25.2 Å². The Bertz CT molecular complexity index is 741. The second-order valence-electron chi connectivity index (χ2n) is 8.41. The highest BCUT2D eigenvalue weighted by Gasteiger charge is 2.37. The number of hydrogen-bond donors (Lipinski definition) is 0. The summed E-state index contributed by atoms with van der Waals surface area (Å²) in [6.07, 6.45) is 9.83. The number of rotatable bonds is 6. The maximum atomic E-state index is 13.3. The van der Waals surface area contributed by atoms with Crippen LogP contribution in [0, 0.1) is 17.8 Å². The van der Waals surface area contributed by atoms with Gasteiger partial charge in [0.15, 0.2) is 11.5 Å². The van der Waals surface area contributed by atoms with Gasteiger partial charge in [0.25, 0.3) is 5.91 Å². The first kappa shape index (κ1) is 17.1. The van der Waals surface area contributed by atoms with Gasteiger partial charge in [-0.1, -0.05) is 12.2 Å². The predicted octanol–water partition coefficient (Wildman–Crippen LogP) is 3.17. The molecule has 0 radical (unpaired) electrons. The highest BCUT2D eigenvalue weighted by Crippen LogP contribution is 2.43. The number of nitrogens with zero attached hydrogens (tertiary/aromatic N) is 2. The molecule has 2 bridgehead atoms. The van der Waals surface area contributed by atoms with Gasteiger partial charge in [-0.25, -0.2) is 0 Å². The van der Waals surface area contributed by atoms with Crippen LogP contribution in [0.1, 0.15) is 36.0 Å². The molecule has 5 heteroatoms. The Morgan fingerprint density at radius 3 is 2.74 bits per heavy atom. The standard InChI is InChI=1S/C22H28N2O3/c25-22(18-5-6-20-21(13-18)27-15-26-20)24(10-9-23-7-1-2-8-23)14-19-12-16-3-4-17(19)11-16/h3-6,13,16-17,19H,1-2,7-12,14-15H2. The van der Waals surface area contributed by atoms with Crippen LogP contribution < -0.4 is 9.47 Å². The van der Waals surface area contributed by atoms with Crippen LogP contribution in [0.25, 0.3) is 0 Å². The van der Waals surface area contributed by atoms with E-state index in [1.54, 1.807) is 0 Å². The van der Waals surface area contributed by atoms with Gasteiger partial charge >= 0.3 is 0 Å². The van der Waals surface area contributed by atoms with Crippen LogP contribution in [0.4, 0.5) is 0 Å². The zero-order valence-corrected chi connectivity index (χ0v) is 15.8. The molecule has 1 aromatic carbocycles. The second-order valence-corrected chi connectivity index (χ2v) is 8.41. The van der Waals surface area contributed by atoms with Gasteiger partial charge in [0.2, 0.25) is 6.79 Å². The summed E-state index contributed by atoms with van der Waals surface area (Å²) in [6, 6.07) is 5.57. The Morgan fingerprint density at radius 1 is 1.11 bits per heavy atom. The average molecular weight is 368 g/mol. The zero-order chi connectivity index (χ0) is 18.2. The first-order valence-corrected chi connectivity index (χ1v) is 10.4. The third kappa shape index (κ3) is 3.45. The van der Waals surface area contributed by atoms with Crippen molar-refractivity contribution in [1.29, 1.82) is 0 Å². The fraction of sp³-hybridized carbons (Fsp3) is 0.591. The molecule has 3 unspecified atom stereocenters. The lowest BCUT2D eigenvalue weighted by molar-refractivity contribution is 0.0701. The lowest BCUT2D eigenvalue weighted by atomic mass is 9.93. The topological polar surface area (TPSA) is 42.0 Å². The number of carbonyl (C=O) groups is 1. The third-order valence-corrected chi connectivity index (χ3v) is 6.66. The molecule has 144 valence electrons. The molecule has 1 aromatic rings. The van der Waals surface area contributed by atoms with E-state index in [4.69, 9.17) is 9.47 Å². The zero-order valence-electron chi connectivity index (χ0n) is 15.8. The highest BCUT2D eigenvalue weighted by atomic mass is 16.7. The molecule has 0 N–H and O–H groups in total. The number of hydrogen-bond acceptors (Lipinski definition) is 4. The van der Waals surface area contributed by atoms with E-state index in [0.717, 1.165) is 31.3 Å². The molecular weight excluding hydrogens is 340 g/mol. The minimum atomic E-state index is 0.124. The molecule has 1 saturated heterocycles. The van der Waals surface area contributed by atoms with E-state index in [2.05, 4.69) is 22.0 Å². The summed E-state index contributed by atoms with van der Waals surface area (Å²) in [6.45, 7) is 5.24. The van der Waals surface area contributed by atoms with E-state index in [1.807, 2.05) is 18.2 Å². The number of ether oxygens (including phenoxy) is 2. The number of benzene rings is 1. The van der Waals surface area contributed by atoms with Crippen molar-refractivity contribution in [2.45, 2.75) is 25.7 Å². The van der Waals surface area contributed by atoms with Crippen molar-refractivity contribution in [3.63, 3.8) is 0 Å².